The molecule has 2 aliphatic heterocycles. The molecular formula is C26H25FN2O4. The van der Waals surface area contributed by atoms with E-state index in [0.29, 0.717) is 47.7 Å². The maximum Gasteiger partial charge on any atom is 0.230 e. The Kier molecular flexibility index (Phi) is 5.77. The summed E-state index contributed by atoms with van der Waals surface area (Å²) in [5.74, 6) is 0.121. The SMILES string of the molecule is Cc1c(COc2c#cc3c(c2)N(C(=O)C2CCOCC2)CCC3)[nH]c2ccc(F)cc2c1=O. The van der Waals surface area contributed by atoms with Gasteiger partial charge in [-0.3, -0.25) is 9.59 Å². The summed E-state index contributed by atoms with van der Waals surface area (Å²) in [7, 11) is 0. The molecule has 1 N–H and O–H groups in total. The zero-order valence-corrected chi connectivity index (χ0v) is 18.5. The molecule has 1 aromatic heterocycles. The Morgan fingerprint density at radius 1 is 1.27 bits per heavy atom. The number of aromatic nitrogens is 1. The number of nitrogens with zero attached hydrogens (tertiary/aromatic N) is 1. The van der Waals surface area contributed by atoms with Gasteiger partial charge < -0.3 is 19.4 Å². The summed E-state index contributed by atoms with van der Waals surface area (Å²) < 4.78 is 24.9. The second-order valence-corrected chi connectivity index (χ2v) is 8.64. The van der Waals surface area contributed by atoms with Crippen molar-refractivity contribution in [1.82, 2.24) is 4.98 Å². The summed E-state index contributed by atoms with van der Waals surface area (Å²) in [6.45, 7) is 3.73. The number of fused-ring (bicyclic) bond motifs is 2. The van der Waals surface area contributed by atoms with Crippen molar-refractivity contribution in [2.24, 2.45) is 5.92 Å². The number of carbonyl (C=O) groups is 1. The van der Waals surface area contributed by atoms with E-state index in [-0.39, 0.29) is 23.9 Å². The van der Waals surface area contributed by atoms with Crippen molar-refractivity contribution in [2.45, 2.75) is 39.2 Å². The van der Waals surface area contributed by atoms with Gasteiger partial charge in [-0.25, -0.2) is 4.39 Å². The molecule has 5 rings (SSSR count). The van der Waals surface area contributed by atoms with Crippen LogP contribution in [0.5, 0.6) is 5.75 Å². The van der Waals surface area contributed by atoms with E-state index >= 15 is 0 Å². The van der Waals surface area contributed by atoms with E-state index < -0.39 is 5.82 Å². The van der Waals surface area contributed by atoms with Crippen molar-refractivity contribution in [3.63, 3.8) is 0 Å². The first-order valence-electron chi connectivity index (χ1n) is 11.3. The van der Waals surface area contributed by atoms with Crippen molar-refractivity contribution in [3.05, 3.63) is 69.3 Å². The minimum Gasteiger partial charge on any atom is -0.479 e. The van der Waals surface area contributed by atoms with E-state index in [2.05, 4.69) is 17.1 Å². The van der Waals surface area contributed by atoms with Crippen LogP contribution in [0, 0.1) is 30.8 Å². The fraction of sp³-hybridized carbons (Fsp3) is 0.385. The zero-order valence-electron chi connectivity index (χ0n) is 18.5. The Hall–Kier alpha value is -3.37. The third kappa shape index (κ3) is 4.19. The molecule has 3 aromatic rings. The molecular weight excluding hydrogens is 423 g/mol. The molecule has 0 aliphatic carbocycles. The predicted molar refractivity (Wildman–Crippen MR) is 122 cm³/mol. The number of anilines is 1. The smallest absolute Gasteiger partial charge is 0.230 e. The van der Waals surface area contributed by atoms with Crippen molar-refractivity contribution < 1.29 is 18.7 Å². The van der Waals surface area contributed by atoms with Crippen LogP contribution in [0.1, 0.15) is 36.1 Å². The summed E-state index contributed by atoms with van der Waals surface area (Å²) in [4.78, 5) is 30.9. The van der Waals surface area contributed by atoms with Crippen molar-refractivity contribution in [3.8, 4) is 5.75 Å². The van der Waals surface area contributed by atoms with Crippen LogP contribution in [0.15, 0.2) is 29.1 Å². The van der Waals surface area contributed by atoms with Gasteiger partial charge in [-0.15, -0.1) is 0 Å². The Labute approximate surface area is 191 Å². The van der Waals surface area contributed by atoms with Gasteiger partial charge in [-0.05, 0) is 56.9 Å². The number of benzene rings is 1. The monoisotopic (exact) mass is 448 g/mol. The second kappa shape index (κ2) is 8.87. The molecule has 170 valence electrons. The molecule has 2 aliphatic rings. The Morgan fingerprint density at radius 3 is 2.91 bits per heavy atom. The summed E-state index contributed by atoms with van der Waals surface area (Å²) in [6, 6.07) is 12.1. The van der Waals surface area contributed by atoms with Gasteiger partial charge in [0.15, 0.2) is 11.2 Å². The molecule has 1 saturated heterocycles. The first-order chi connectivity index (χ1) is 16.0. The minimum absolute atomic E-state index is 0.0200. The highest BCUT2D eigenvalue weighted by atomic mass is 19.1. The first-order valence-corrected chi connectivity index (χ1v) is 11.3. The number of hydrogen-bond donors (Lipinski definition) is 1. The normalized spacial score (nSPS) is 16.4. The Bertz CT molecular complexity index is 1260. The highest BCUT2D eigenvalue weighted by Gasteiger charge is 2.30. The quantitative estimate of drug-likeness (QED) is 0.658. The lowest BCUT2D eigenvalue weighted by Gasteiger charge is -2.33. The van der Waals surface area contributed by atoms with Gasteiger partial charge in [0.05, 0.1) is 11.4 Å². The molecule has 3 heterocycles. The molecule has 6 nitrogen and oxygen atoms in total. The lowest BCUT2D eigenvalue weighted by atomic mass is 9.95. The fourth-order valence-electron chi connectivity index (χ4n) is 4.59. The van der Waals surface area contributed by atoms with E-state index in [1.807, 2.05) is 11.0 Å². The number of nitrogens with one attached hydrogen (secondary N) is 1. The highest BCUT2D eigenvalue weighted by molar-refractivity contribution is 5.96. The second-order valence-electron chi connectivity index (χ2n) is 8.64. The van der Waals surface area contributed by atoms with E-state index in [9.17, 15) is 14.0 Å². The lowest BCUT2D eigenvalue weighted by molar-refractivity contribution is -0.125. The van der Waals surface area contributed by atoms with Crippen LogP contribution >= 0.6 is 0 Å². The standard InChI is InChI=1S/C26H25FN2O4/c1-16-23(28-22-7-5-19(27)13-21(22)25(16)30)15-33-20-6-4-17-3-2-10-29(24(17)14-20)26(31)18-8-11-32-12-9-18/h5,7,13-14,18H,2-3,8-12,15H2,1H3,(H,28,30). The molecule has 1 fully saturated rings. The van der Waals surface area contributed by atoms with Crippen LogP contribution in [0.3, 0.4) is 0 Å². The molecule has 0 spiro atoms. The highest BCUT2D eigenvalue weighted by Crippen LogP contribution is 2.31. The Morgan fingerprint density at radius 2 is 2.09 bits per heavy atom. The maximum absolute atomic E-state index is 13.5. The van der Waals surface area contributed by atoms with Gasteiger partial charge >= 0.3 is 0 Å². The molecule has 0 atom stereocenters. The topological polar surface area (TPSA) is 71.6 Å². The van der Waals surface area contributed by atoms with E-state index in [0.717, 1.165) is 36.9 Å². The summed E-state index contributed by atoms with van der Waals surface area (Å²) >= 11 is 0. The number of halogens is 1. The van der Waals surface area contributed by atoms with Crippen LogP contribution in [-0.4, -0.2) is 30.6 Å². The predicted octanol–water partition coefficient (Wildman–Crippen LogP) is 3.86. The average molecular weight is 448 g/mol. The van der Waals surface area contributed by atoms with Gasteiger partial charge in [0.1, 0.15) is 12.4 Å². The zero-order chi connectivity index (χ0) is 22.9. The van der Waals surface area contributed by atoms with Gasteiger partial charge in [-0.1, -0.05) is 6.07 Å². The van der Waals surface area contributed by atoms with E-state index in [1.165, 1.54) is 12.1 Å². The summed E-state index contributed by atoms with van der Waals surface area (Å²) in [5.41, 5.74) is 3.21. The van der Waals surface area contributed by atoms with Crippen molar-refractivity contribution >= 4 is 22.5 Å². The van der Waals surface area contributed by atoms with Crippen LogP contribution in [0.25, 0.3) is 10.9 Å². The van der Waals surface area contributed by atoms with Gasteiger partial charge in [-0.2, -0.15) is 0 Å². The van der Waals surface area contributed by atoms with Crippen LogP contribution in [-0.2, 0) is 22.6 Å². The molecule has 7 heteroatoms. The third-order valence-electron chi connectivity index (χ3n) is 6.53. The molecule has 0 saturated carbocycles. The van der Waals surface area contributed by atoms with Crippen LogP contribution in [0.2, 0.25) is 0 Å². The van der Waals surface area contributed by atoms with Crippen LogP contribution in [0.4, 0.5) is 10.1 Å². The van der Waals surface area contributed by atoms with Crippen LogP contribution < -0.4 is 15.1 Å². The molecule has 0 unspecified atom stereocenters. The van der Waals surface area contributed by atoms with E-state index in [1.54, 1.807) is 13.0 Å². The number of aromatic amines is 1. The fourth-order valence-corrected chi connectivity index (χ4v) is 4.59. The molecule has 2 aromatic carbocycles. The van der Waals surface area contributed by atoms with Gasteiger partial charge in [0.25, 0.3) is 0 Å². The molecule has 33 heavy (non-hydrogen) atoms. The molecule has 0 bridgehead atoms. The maximum atomic E-state index is 13.5. The van der Waals surface area contributed by atoms with Gasteiger partial charge in [0, 0.05) is 53.8 Å². The number of pyridine rings is 1. The summed E-state index contributed by atoms with van der Waals surface area (Å²) in [6.07, 6.45) is 3.23. The van der Waals surface area contributed by atoms with Crippen molar-refractivity contribution in [2.75, 3.05) is 24.7 Å². The Balaban J connectivity index is 1.38. The van der Waals surface area contributed by atoms with E-state index in [4.69, 9.17) is 9.47 Å². The first kappa shape index (κ1) is 21.5. The minimum atomic E-state index is -0.449. The number of H-pyrrole nitrogens is 1. The third-order valence-corrected chi connectivity index (χ3v) is 6.53. The molecule has 1 amide bonds. The number of carbonyl (C=O) groups excluding carboxylic acids is 1. The lowest BCUT2D eigenvalue weighted by Crippen LogP contribution is -2.41. The average Bonchev–Trinajstić information content (AvgIpc) is 2.85. The summed E-state index contributed by atoms with van der Waals surface area (Å²) in [5, 5.41) is 0.312. The number of ether oxygens (including phenoxy) is 2. The van der Waals surface area contributed by atoms with Gasteiger partial charge in [0.2, 0.25) is 5.91 Å². The molecule has 0 radical (unpaired) electrons. The van der Waals surface area contributed by atoms with Crippen molar-refractivity contribution in [1.29, 1.82) is 0 Å². The number of amides is 1. The number of hydrogen-bond acceptors (Lipinski definition) is 4. The largest absolute Gasteiger partial charge is 0.479 e. The number of rotatable bonds is 4.